The summed E-state index contributed by atoms with van der Waals surface area (Å²) in [7, 11) is 0. The summed E-state index contributed by atoms with van der Waals surface area (Å²) in [6.45, 7) is 8.15. The molecule has 3 nitrogen and oxygen atoms in total. The highest BCUT2D eigenvalue weighted by Gasteiger charge is 2.45. The van der Waals surface area contributed by atoms with Gasteiger partial charge in [0.05, 0.1) is 13.2 Å². The Balaban J connectivity index is 1.86. The molecule has 1 unspecified atom stereocenters. The Morgan fingerprint density at radius 3 is 2.33 bits per heavy atom. The first kappa shape index (κ1) is 12.2. The quantitative estimate of drug-likeness (QED) is 0.766. The molecule has 0 aromatic heterocycles. The largest absolute Gasteiger partial charge is 0.352 e. The molecule has 2 saturated heterocycles. The van der Waals surface area contributed by atoms with E-state index in [9.17, 15) is 0 Å². The van der Waals surface area contributed by atoms with Crippen molar-refractivity contribution in [3.05, 3.63) is 35.9 Å². The summed E-state index contributed by atoms with van der Waals surface area (Å²) in [6.07, 6.45) is -0.0660. The predicted octanol–water partition coefficient (Wildman–Crippen LogP) is 2.44. The van der Waals surface area contributed by atoms with Gasteiger partial charge in [-0.2, -0.15) is 0 Å². The second kappa shape index (κ2) is 4.65. The molecule has 98 valence electrons. The second-order valence-electron chi connectivity index (χ2n) is 5.69. The van der Waals surface area contributed by atoms with Crippen molar-refractivity contribution in [1.29, 1.82) is 0 Å². The molecule has 2 fully saturated rings. The molecule has 2 aliphatic rings. The standard InChI is InChI=1S/C15H21NO2/c1-12-17-10-15(2,11-18-12)14(16-8-9-16)13-6-4-3-5-7-13/h3-7,12,14H,8-11H2,1-2H3. The van der Waals surface area contributed by atoms with Gasteiger partial charge in [-0.05, 0) is 12.5 Å². The van der Waals surface area contributed by atoms with Crippen molar-refractivity contribution in [3.8, 4) is 0 Å². The zero-order chi connectivity index (χ0) is 12.6. The average Bonchev–Trinajstić information content (AvgIpc) is 3.19. The van der Waals surface area contributed by atoms with Gasteiger partial charge in [0.25, 0.3) is 0 Å². The first-order chi connectivity index (χ1) is 8.69. The number of ether oxygens (including phenoxy) is 2. The van der Waals surface area contributed by atoms with Crippen LogP contribution in [0.1, 0.15) is 25.5 Å². The van der Waals surface area contributed by atoms with Crippen molar-refractivity contribution in [1.82, 2.24) is 4.90 Å². The van der Waals surface area contributed by atoms with E-state index in [4.69, 9.17) is 9.47 Å². The molecule has 0 saturated carbocycles. The Morgan fingerprint density at radius 1 is 1.17 bits per heavy atom. The number of hydrogen-bond acceptors (Lipinski definition) is 3. The van der Waals surface area contributed by atoms with E-state index in [-0.39, 0.29) is 11.7 Å². The van der Waals surface area contributed by atoms with Crippen LogP contribution in [0.3, 0.4) is 0 Å². The van der Waals surface area contributed by atoms with Crippen LogP contribution in [-0.4, -0.2) is 37.5 Å². The van der Waals surface area contributed by atoms with Crippen LogP contribution in [0.2, 0.25) is 0 Å². The normalized spacial score (nSPS) is 34.2. The Hall–Kier alpha value is -0.900. The first-order valence-corrected chi connectivity index (χ1v) is 6.71. The number of benzene rings is 1. The van der Waals surface area contributed by atoms with Gasteiger partial charge in [0.15, 0.2) is 6.29 Å². The fourth-order valence-corrected chi connectivity index (χ4v) is 2.87. The summed E-state index contributed by atoms with van der Waals surface area (Å²) in [4.78, 5) is 2.50. The van der Waals surface area contributed by atoms with Gasteiger partial charge in [-0.15, -0.1) is 0 Å². The van der Waals surface area contributed by atoms with Gasteiger partial charge in [-0.25, -0.2) is 0 Å². The van der Waals surface area contributed by atoms with Gasteiger partial charge in [0.1, 0.15) is 0 Å². The number of rotatable bonds is 3. The van der Waals surface area contributed by atoms with Crippen LogP contribution in [0.15, 0.2) is 30.3 Å². The van der Waals surface area contributed by atoms with Crippen molar-refractivity contribution in [3.63, 3.8) is 0 Å². The molecule has 2 heterocycles. The monoisotopic (exact) mass is 247 g/mol. The minimum absolute atomic E-state index is 0.0460. The smallest absolute Gasteiger partial charge is 0.154 e. The summed E-state index contributed by atoms with van der Waals surface area (Å²) < 4.78 is 11.4. The van der Waals surface area contributed by atoms with Crippen LogP contribution in [0.4, 0.5) is 0 Å². The SMILES string of the molecule is CC1OCC(C)(C(c2ccccc2)N2CC2)CO1. The third-order valence-corrected chi connectivity index (χ3v) is 3.92. The zero-order valence-corrected chi connectivity index (χ0v) is 11.1. The maximum Gasteiger partial charge on any atom is 0.154 e. The predicted molar refractivity (Wildman–Crippen MR) is 70.2 cm³/mol. The van der Waals surface area contributed by atoms with E-state index in [0.717, 1.165) is 13.2 Å². The van der Waals surface area contributed by atoms with E-state index < -0.39 is 0 Å². The molecule has 3 heteroatoms. The number of nitrogens with zero attached hydrogens (tertiary/aromatic N) is 1. The fourth-order valence-electron chi connectivity index (χ4n) is 2.87. The maximum atomic E-state index is 5.72. The molecular formula is C15H21NO2. The lowest BCUT2D eigenvalue weighted by Crippen LogP contribution is -2.45. The highest BCUT2D eigenvalue weighted by molar-refractivity contribution is 5.23. The fraction of sp³-hybridized carbons (Fsp3) is 0.600. The van der Waals surface area contributed by atoms with Crippen molar-refractivity contribution < 1.29 is 9.47 Å². The van der Waals surface area contributed by atoms with Crippen LogP contribution in [0, 0.1) is 5.41 Å². The zero-order valence-electron chi connectivity index (χ0n) is 11.1. The topological polar surface area (TPSA) is 21.5 Å². The number of hydrogen-bond donors (Lipinski definition) is 0. The summed E-state index contributed by atoms with van der Waals surface area (Å²) in [6, 6.07) is 11.1. The molecule has 0 spiro atoms. The summed E-state index contributed by atoms with van der Waals surface area (Å²) >= 11 is 0. The van der Waals surface area contributed by atoms with Gasteiger partial charge in [0, 0.05) is 24.5 Å². The van der Waals surface area contributed by atoms with Crippen LogP contribution >= 0.6 is 0 Å². The van der Waals surface area contributed by atoms with Gasteiger partial charge in [-0.3, -0.25) is 4.90 Å². The van der Waals surface area contributed by atoms with Crippen molar-refractivity contribution in [2.24, 2.45) is 5.41 Å². The minimum Gasteiger partial charge on any atom is -0.352 e. The maximum absolute atomic E-state index is 5.72. The third-order valence-electron chi connectivity index (χ3n) is 3.92. The Labute approximate surface area is 109 Å². The second-order valence-corrected chi connectivity index (χ2v) is 5.69. The molecule has 3 rings (SSSR count). The summed E-state index contributed by atoms with van der Waals surface area (Å²) in [5, 5.41) is 0. The van der Waals surface area contributed by atoms with Gasteiger partial charge in [0.2, 0.25) is 0 Å². The molecule has 1 aromatic carbocycles. The van der Waals surface area contributed by atoms with Crippen LogP contribution in [0.5, 0.6) is 0 Å². The van der Waals surface area contributed by atoms with E-state index >= 15 is 0 Å². The molecule has 0 amide bonds. The van der Waals surface area contributed by atoms with E-state index in [1.165, 1.54) is 18.7 Å². The first-order valence-electron chi connectivity index (χ1n) is 6.71. The minimum atomic E-state index is -0.0660. The average molecular weight is 247 g/mol. The van der Waals surface area contributed by atoms with Crippen molar-refractivity contribution >= 4 is 0 Å². The van der Waals surface area contributed by atoms with Gasteiger partial charge in [-0.1, -0.05) is 37.3 Å². The molecule has 18 heavy (non-hydrogen) atoms. The van der Waals surface area contributed by atoms with E-state index in [1.54, 1.807) is 0 Å². The molecule has 1 atom stereocenters. The lowest BCUT2D eigenvalue weighted by molar-refractivity contribution is -0.227. The van der Waals surface area contributed by atoms with Gasteiger partial charge < -0.3 is 9.47 Å². The van der Waals surface area contributed by atoms with E-state index in [2.05, 4.69) is 42.2 Å². The Morgan fingerprint density at radius 2 is 1.78 bits per heavy atom. The Kier molecular flexibility index (Phi) is 3.14. The van der Waals surface area contributed by atoms with Gasteiger partial charge >= 0.3 is 0 Å². The summed E-state index contributed by atoms with van der Waals surface area (Å²) in [5.74, 6) is 0. The van der Waals surface area contributed by atoms with E-state index in [0.29, 0.717) is 6.04 Å². The lowest BCUT2D eigenvalue weighted by Gasteiger charge is -2.42. The molecule has 0 aliphatic carbocycles. The highest BCUT2D eigenvalue weighted by atomic mass is 16.7. The van der Waals surface area contributed by atoms with E-state index in [1.807, 2.05) is 6.92 Å². The molecule has 0 N–H and O–H groups in total. The van der Waals surface area contributed by atoms with Crippen LogP contribution in [0.25, 0.3) is 0 Å². The molecular weight excluding hydrogens is 226 g/mol. The molecule has 0 bridgehead atoms. The molecule has 1 aromatic rings. The molecule has 0 radical (unpaired) electrons. The van der Waals surface area contributed by atoms with Crippen LogP contribution < -0.4 is 0 Å². The summed E-state index contributed by atoms with van der Waals surface area (Å²) in [5.41, 5.74) is 1.42. The van der Waals surface area contributed by atoms with Crippen LogP contribution in [-0.2, 0) is 9.47 Å². The molecule has 2 aliphatic heterocycles. The highest BCUT2D eigenvalue weighted by Crippen LogP contribution is 2.44. The lowest BCUT2D eigenvalue weighted by atomic mass is 9.79. The third kappa shape index (κ3) is 2.30. The van der Waals surface area contributed by atoms with Crippen molar-refractivity contribution in [2.45, 2.75) is 26.2 Å². The Bertz CT molecular complexity index is 394. The van der Waals surface area contributed by atoms with Crippen molar-refractivity contribution in [2.75, 3.05) is 26.3 Å².